The van der Waals surface area contributed by atoms with Gasteiger partial charge in [-0.05, 0) is 43.6 Å². The molecule has 0 unspecified atom stereocenters. The minimum Gasteiger partial charge on any atom is -0.381 e. The molecular formula is C14H22N2O3S2. The molecule has 7 heteroatoms. The van der Waals surface area contributed by atoms with Crippen molar-refractivity contribution in [1.29, 1.82) is 0 Å². The second kappa shape index (κ2) is 6.34. The predicted molar refractivity (Wildman–Crippen MR) is 83.1 cm³/mol. The number of thiophene rings is 1. The van der Waals surface area contributed by atoms with Gasteiger partial charge in [0.15, 0.2) is 0 Å². The van der Waals surface area contributed by atoms with Gasteiger partial charge in [0.25, 0.3) is 0 Å². The Bertz CT molecular complexity index is 587. The molecule has 0 aromatic carbocycles. The van der Waals surface area contributed by atoms with Gasteiger partial charge in [0.2, 0.25) is 10.0 Å². The smallest absolute Gasteiger partial charge is 0.242 e. The average Bonchev–Trinajstić information content (AvgIpc) is 3.19. The van der Waals surface area contributed by atoms with E-state index < -0.39 is 10.0 Å². The quantitative estimate of drug-likeness (QED) is 0.834. The summed E-state index contributed by atoms with van der Waals surface area (Å²) >= 11 is 1.53. The van der Waals surface area contributed by atoms with Crippen LogP contribution in [0, 0.1) is 6.92 Å². The fourth-order valence-electron chi connectivity index (χ4n) is 2.59. The van der Waals surface area contributed by atoms with Crippen LogP contribution in [0.2, 0.25) is 0 Å². The molecule has 0 bridgehead atoms. The Kier molecular flexibility index (Phi) is 4.66. The summed E-state index contributed by atoms with van der Waals surface area (Å²) in [6.07, 6.45) is 3.90. The third-order valence-corrected chi connectivity index (χ3v) is 6.91. The lowest BCUT2D eigenvalue weighted by Crippen LogP contribution is -2.39. The van der Waals surface area contributed by atoms with Gasteiger partial charge in [-0.3, -0.25) is 0 Å². The van der Waals surface area contributed by atoms with E-state index in [2.05, 4.69) is 10.0 Å². The Labute approximate surface area is 130 Å². The van der Waals surface area contributed by atoms with Crippen LogP contribution >= 0.6 is 11.3 Å². The molecule has 0 amide bonds. The van der Waals surface area contributed by atoms with Crippen molar-refractivity contribution in [3.05, 3.63) is 15.8 Å². The number of hydrogen-bond acceptors (Lipinski definition) is 5. The van der Waals surface area contributed by atoms with Crippen LogP contribution in [-0.4, -0.2) is 33.7 Å². The van der Waals surface area contributed by atoms with Crippen LogP contribution in [-0.2, 0) is 21.3 Å². The summed E-state index contributed by atoms with van der Waals surface area (Å²) < 4.78 is 33.5. The van der Waals surface area contributed by atoms with Crippen molar-refractivity contribution in [1.82, 2.24) is 10.0 Å². The molecule has 0 atom stereocenters. The van der Waals surface area contributed by atoms with Crippen molar-refractivity contribution in [2.24, 2.45) is 0 Å². The van der Waals surface area contributed by atoms with Crippen LogP contribution in [0.3, 0.4) is 0 Å². The van der Waals surface area contributed by atoms with Crippen LogP contribution in [0.1, 0.15) is 36.1 Å². The Hall–Kier alpha value is -0.470. The van der Waals surface area contributed by atoms with Crippen LogP contribution < -0.4 is 10.0 Å². The molecule has 2 heterocycles. The van der Waals surface area contributed by atoms with E-state index in [1.54, 1.807) is 0 Å². The van der Waals surface area contributed by atoms with Gasteiger partial charge in [-0.15, -0.1) is 11.3 Å². The lowest BCUT2D eigenvalue weighted by atomic mass is 10.1. The van der Waals surface area contributed by atoms with Gasteiger partial charge in [-0.1, -0.05) is 0 Å². The highest BCUT2D eigenvalue weighted by Crippen LogP contribution is 2.29. The number of hydrogen-bond donors (Lipinski definition) is 2. The summed E-state index contributed by atoms with van der Waals surface area (Å²) in [5.41, 5.74) is 0.840. The lowest BCUT2D eigenvalue weighted by molar-refractivity contribution is 0.0832. The van der Waals surface area contributed by atoms with E-state index in [1.165, 1.54) is 24.2 Å². The zero-order valence-corrected chi connectivity index (χ0v) is 13.9. The first-order valence-electron chi connectivity index (χ1n) is 7.46. The van der Waals surface area contributed by atoms with E-state index in [4.69, 9.17) is 4.74 Å². The maximum Gasteiger partial charge on any atom is 0.242 e. The number of ether oxygens (including phenoxy) is 1. The van der Waals surface area contributed by atoms with Gasteiger partial charge in [0.05, 0.1) is 0 Å². The van der Waals surface area contributed by atoms with Gasteiger partial charge in [0, 0.05) is 36.7 Å². The summed E-state index contributed by atoms with van der Waals surface area (Å²) in [6.45, 7) is 3.78. The third-order valence-electron chi connectivity index (χ3n) is 3.93. The van der Waals surface area contributed by atoms with Gasteiger partial charge in [-0.2, -0.15) is 0 Å². The van der Waals surface area contributed by atoms with Crippen molar-refractivity contribution in [2.45, 2.75) is 56.1 Å². The molecule has 21 heavy (non-hydrogen) atoms. The maximum absolute atomic E-state index is 12.7. The van der Waals surface area contributed by atoms with Crippen molar-refractivity contribution in [2.75, 3.05) is 13.2 Å². The molecule has 1 aliphatic heterocycles. The highest BCUT2D eigenvalue weighted by Gasteiger charge is 2.28. The maximum atomic E-state index is 12.7. The highest BCUT2D eigenvalue weighted by atomic mass is 32.2. The summed E-state index contributed by atoms with van der Waals surface area (Å²) in [5.74, 6) is 0. The van der Waals surface area contributed by atoms with Crippen molar-refractivity contribution in [3.8, 4) is 0 Å². The van der Waals surface area contributed by atoms with Gasteiger partial charge >= 0.3 is 0 Å². The standard InChI is InChI=1S/C14H22N2O3S2/c1-10-9-20-13(8-15-11-2-3-11)14(10)21(17,18)16-12-4-6-19-7-5-12/h9,11-12,15-16H,2-8H2,1H3. The van der Waals surface area contributed by atoms with Gasteiger partial charge in [0.1, 0.15) is 4.90 Å². The number of aryl methyl sites for hydroxylation is 1. The Morgan fingerprint density at radius 3 is 2.62 bits per heavy atom. The molecule has 1 saturated carbocycles. The lowest BCUT2D eigenvalue weighted by Gasteiger charge is -2.23. The molecule has 5 nitrogen and oxygen atoms in total. The SMILES string of the molecule is Cc1csc(CNC2CC2)c1S(=O)(=O)NC1CCOCC1. The molecule has 3 rings (SSSR count). The van der Waals surface area contributed by atoms with E-state index >= 15 is 0 Å². The fourth-order valence-corrected chi connectivity index (χ4v) is 5.66. The fraction of sp³-hybridized carbons (Fsp3) is 0.714. The van der Waals surface area contributed by atoms with Crippen LogP contribution in [0.15, 0.2) is 10.3 Å². The topological polar surface area (TPSA) is 67.4 Å². The van der Waals surface area contributed by atoms with Gasteiger partial charge < -0.3 is 10.1 Å². The molecular weight excluding hydrogens is 308 g/mol. The predicted octanol–water partition coefficient (Wildman–Crippen LogP) is 1.77. The summed E-state index contributed by atoms with van der Waals surface area (Å²) in [4.78, 5) is 1.39. The molecule has 1 saturated heterocycles. The minimum absolute atomic E-state index is 0.00714. The van der Waals surface area contributed by atoms with E-state index in [0.717, 1.165) is 23.3 Å². The molecule has 0 radical (unpaired) electrons. The Balaban J connectivity index is 1.74. The molecule has 2 N–H and O–H groups in total. The second-order valence-corrected chi connectivity index (χ2v) is 8.45. The second-order valence-electron chi connectivity index (χ2n) is 5.83. The number of rotatable bonds is 6. The van der Waals surface area contributed by atoms with Crippen molar-refractivity contribution >= 4 is 21.4 Å². The van der Waals surface area contributed by atoms with E-state index in [0.29, 0.717) is 30.7 Å². The highest BCUT2D eigenvalue weighted by molar-refractivity contribution is 7.89. The molecule has 2 fully saturated rings. The Morgan fingerprint density at radius 1 is 1.24 bits per heavy atom. The number of nitrogens with one attached hydrogen (secondary N) is 2. The molecule has 118 valence electrons. The Morgan fingerprint density at radius 2 is 1.95 bits per heavy atom. The molecule has 1 aliphatic carbocycles. The zero-order chi connectivity index (χ0) is 14.9. The first kappa shape index (κ1) is 15.4. The summed E-state index contributed by atoms with van der Waals surface area (Å²) in [6, 6.07) is 0.568. The average molecular weight is 330 g/mol. The van der Waals surface area contributed by atoms with E-state index in [1.807, 2.05) is 12.3 Å². The molecule has 1 aromatic heterocycles. The largest absolute Gasteiger partial charge is 0.381 e. The van der Waals surface area contributed by atoms with Crippen LogP contribution in [0.4, 0.5) is 0 Å². The van der Waals surface area contributed by atoms with Crippen LogP contribution in [0.5, 0.6) is 0 Å². The van der Waals surface area contributed by atoms with Crippen molar-refractivity contribution in [3.63, 3.8) is 0 Å². The molecule has 2 aliphatic rings. The van der Waals surface area contributed by atoms with E-state index in [-0.39, 0.29) is 6.04 Å². The number of sulfonamides is 1. The normalized spacial score (nSPS) is 20.8. The monoisotopic (exact) mass is 330 g/mol. The van der Waals surface area contributed by atoms with Crippen LogP contribution in [0.25, 0.3) is 0 Å². The first-order chi connectivity index (χ1) is 10.1. The molecule has 0 spiro atoms. The zero-order valence-electron chi connectivity index (χ0n) is 12.2. The summed E-state index contributed by atoms with van der Waals surface area (Å²) in [5, 5.41) is 5.33. The van der Waals surface area contributed by atoms with E-state index in [9.17, 15) is 8.42 Å². The molecule has 1 aromatic rings. The first-order valence-corrected chi connectivity index (χ1v) is 9.83. The van der Waals surface area contributed by atoms with Gasteiger partial charge in [-0.25, -0.2) is 13.1 Å². The summed E-state index contributed by atoms with van der Waals surface area (Å²) in [7, 11) is -3.44. The third kappa shape index (κ3) is 3.84. The van der Waals surface area contributed by atoms with Crippen molar-refractivity contribution < 1.29 is 13.2 Å². The minimum atomic E-state index is -3.44.